The highest BCUT2D eigenvalue weighted by Gasteiger charge is 2.05. The minimum atomic E-state index is 0.299. The maximum atomic E-state index is 5.49. The zero-order valence-electron chi connectivity index (χ0n) is 10.0. The summed E-state index contributed by atoms with van der Waals surface area (Å²) in [6.07, 6.45) is 3.68. The van der Waals surface area contributed by atoms with E-state index in [-0.39, 0.29) is 0 Å². The van der Waals surface area contributed by atoms with Crippen LogP contribution in [0, 0.1) is 0 Å². The highest BCUT2D eigenvalue weighted by Crippen LogP contribution is 2.17. The Morgan fingerprint density at radius 1 is 1.26 bits per heavy atom. The van der Waals surface area contributed by atoms with E-state index in [2.05, 4.69) is 25.8 Å². The number of nitrogens with zero attached hydrogens (tertiary/aromatic N) is 4. The fraction of sp³-hybridized carbons (Fsp3) is 0.0833. The Morgan fingerprint density at radius 3 is 2.89 bits per heavy atom. The van der Waals surface area contributed by atoms with Crippen molar-refractivity contribution >= 4 is 22.6 Å². The van der Waals surface area contributed by atoms with Crippen molar-refractivity contribution < 1.29 is 0 Å². The molecule has 2 aromatic heterocycles. The zero-order valence-corrected chi connectivity index (χ0v) is 10.8. The lowest BCUT2D eigenvalue weighted by Crippen LogP contribution is -2.05. The maximum Gasteiger partial charge on any atom is 0.233 e. The first-order chi connectivity index (χ1) is 9.33. The second-order valence-electron chi connectivity index (χ2n) is 3.89. The fourth-order valence-corrected chi connectivity index (χ4v) is 2.26. The van der Waals surface area contributed by atoms with E-state index in [9.17, 15) is 0 Å². The molecule has 19 heavy (non-hydrogen) atoms. The van der Waals surface area contributed by atoms with E-state index in [1.807, 2.05) is 35.1 Å². The standard InChI is InChI=1S/C12H12N6S/c13-11-16-12(19-17-11)14-8-9-4-1-2-5-10(9)18-7-3-6-15-18/h1-7H,8H2,(H3,13,14,16,17). The van der Waals surface area contributed by atoms with Gasteiger partial charge in [0.2, 0.25) is 11.1 Å². The molecule has 3 rings (SSSR count). The number of rotatable bonds is 4. The third kappa shape index (κ3) is 2.55. The summed E-state index contributed by atoms with van der Waals surface area (Å²) in [7, 11) is 0. The van der Waals surface area contributed by atoms with Crippen LogP contribution >= 0.6 is 11.5 Å². The van der Waals surface area contributed by atoms with Gasteiger partial charge in [0.25, 0.3) is 0 Å². The second kappa shape index (κ2) is 5.07. The minimum Gasteiger partial charge on any atom is -0.367 e. The van der Waals surface area contributed by atoms with Gasteiger partial charge >= 0.3 is 0 Å². The SMILES string of the molecule is Nc1nsc(NCc2ccccc2-n2cccn2)n1. The molecule has 0 aliphatic rings. The van der Waals surface area contributed by atoms with Gasteiger partial charge in [0.15, 0.2) is 0 Å². The average molecular weight is 272 g/mol. The van der Waals surface area contributed by atoms with Crippen molar-refractivity contribution in [1.29, 1.82) is 0 Å². The molecular formula is C12H12N6S. The topological polar surface area (TPSA) is 81.6 Å². The average Bonchev–Trinajstić information content (AvgIpc) is 3.08. The predicted octanol–water partition coefficient (Wildman–Crippen LogP) is 1.92. The summed E-state index contributed by atoms with van der Waals surface area (Å²) in [5, 5.41) is 8.17. The highest BCUT2D eigenvalue weighted by molar-refractivity contribution is 7.09. The number of para-hydroxylation sites is 1. The fourth-order valence-electron chi connectivity index (χ4n) is 1.77. The van der Waals surface area contributed by atoms with Crippen molar-refractivity contribution in [2.24, 2.45) is 0 Å². The summed E-state index contributed by atoms with van der Waals surface area (Å²) >= 11 is 1.25. The lowest BCUT2D eigenvalue weighted by atomic mass is 10.2. The van der Waals surface area contributed by atoms with Gasteiger partial charge in [-0.05, 0) is 17.7 Å². The van der Waals surface area contributed by atoms with Crippen LogP contribution in [0.15, 0.2) is 42.7 Å². The Kier molecular flexibility index (Phi) is 3.11. The van der Waals surface area contributed by atoms with Crippen LogP contribution < -0.4 is 11.1 Å². The normalized spacial score (nSPS) is 10.5. The third-order valence-corrected chi connectivity index (χ3v) is 3.30. The van der Waals surface area contributed by atoms with Crippen LogP contribution in [0.3, 0.4) is 0 Å². The summed E-state index contributed by atoms with van der Waals surface area (Å²) in [6, 6.07) is 9.96. The van der Waals surface area contributed by atoms with Crippen molar-refractivity contribution in [3.8, 4) is 5.69 Å². The van der Waals surface area contributed by atoms with Crippen LogP contribution in [-0.2, 0) is 6.54 Å². The first kappa shape index (κ1) is 11.7. The summed E-state index contributed by atoms with van der Waals surface area (Å²) in [5.41, 5.74) is 7.65. The van der Waals surface area contributed by atoms with Gasteiger partial charge in [0.05, 0.1) is 5.69 Å². The van der Waals surface area contributed by atoms with Crippen molar-refractivity contribution in [3.05, 3.63) is 48.3 Å². The Labute approximate surface area is 114 Å². The molecule has 0 saturated carbocycles. The summed E-state index contributed by atoms with van der Waals surface area (Å²) in [6.45, 7) is 0.644. The number of hydrogen-bond donors (Lipinski definition) is 2. The summed E-state index contributed by atoms with van der Waals surface area (Å²) in [5.74, 6) is 0.299. The van der Waals surface area contributed by atoms with E-state index in [4.69, 9.17) is 5.73 Å². The number of anilines is 2. The molecule has 96 valence electrons. The molecule has 0 unspecified atom stereocenters. The molecule has 7 heteroatoms. The van der Waals surface area contributed by atoms with Gasteiger partial charge < -0.3 is 11.1 Å². The zero-order chi connectivity index (χ0) is 13.1. The molecule has 0 bridgehead atoms. The van der Waals surface area contributed by atoms with Crippen LogP contribution in [0.2, 0.25) is 0 Å². The van der Waals surface area contributed by atoms with E-state index in [0.717, 1.165) is 11.3 Å². The quantitative estimate of drug-likeness (QED) is 0.758. The molecule has 0 fully saturated rings. The van der Waals surface area contributed by atoms with Crippen molar-refractivity contribution in [3.63, 3.8) is 0 Å². The van der Waals surface area contributed by atoms with Crippen molar-refractivity contribution in [1.82, 2.24) is 19.1 Å². The van der Waals surface area contributed by atoms with E-state index in [1.54, 1.807) is 6.20 Å². The molecule has 0 atom stereocenters. The molecule has 6 nitrogen and oxygen atoms in total. The van der Waals surface area contributed by atoms with E-state index in [1.165, 1.54) is 11.5 Å². The van der Waals surface area contributed by atoms with Crippen LogP contribution in [0.25, 0.3) is 5.69 Å². The van der Waals surface area contributed by atoms with Gasteiger partial charge in [-0.15, -0.1) is 0 Å². The smallest absolute Gasteiger partial charge is 0.233 e. The Balaban J connectivity index is 1.81. The van der Waals surface area contributed by atoms with Gasteiger partial charge in [-0.3, -0.25) is 0 Å². The molecule has 3 N–H and O–H groups in total. The number of nitrogens with two attached hydrogens (primary N) is 1. The van der Waals surface area contributed by atoms with E-state index in [0.29, 0.717) is 17.6 Å². The molecule has 0 saturated heterocycles. The largest absolute Gasteiger partial charge is 0.367 e. The van der Waals surface area contributed by atoms with Gasteiger partial charge in [0, 0.05) is 30.5 Å². The van der Waals surface area contributed by atoms with Gasteiger partial charge in [-0.2, -0.15) is 14.5 Å². The second-order valence-corrected chi connectivity index (χ2v) is 4.64. The molecule has 0 spiro atoms. The monoisotopic (exact) mass is 272 g/mol. The van der Waals surface area contributed by atoms with Crippen LogP contribution in [0.1, 0.15) is 5.56 Å². The lowest BCUT2D eigenvalue weighted by molar-refractivity contribution is 0.864. The minimum absolute atomic E-state index is 0.299. The molecule has 2 heterocycles. The van der Waals surface area contributed by atoms with E-state index < -0.39 is 0 Å². The summed E-state index contributed by atoms with van der Waals surface area (Å²) in [4.78, 5) is 4.07. The predicted molar refractivity (Wildman–Crippen MR) is 75.2 cm³/mol. The number of nitrogens with one attached hydrogen (secondary N) is 1. The number of nitrogen functional groups attached to an aromatic ring is 1. The van der Waals surface area contributed by atoms with Crippen LogP contribution in [0.5, 0.6) is 0 Å². The highest BCUT2D eigenvalue weighted by atomic mass is 32.1. The molecule has 1 aromatic carbocycles. The van der Waals surface area contributed by atoms with Crippen molar-refractivity contribution in [2.75, 3.05) is 11.1 Å². The van der Waals surface area contributed by atoms with Gasteiger partial charge in [-0.25, -0.2) is 4.68 Å². The first-order valence-corrected chi connectivity index (χ1v) is 6.51. The third-order valence-electron chi connectivity index (χ3n) is 2.61. The van der Waals surface area contributed by atoms with Gasteiger partial charge in [0.1, 0.15) is 0 Å². The Hall–Kier alpha value is -2.41. The van der Waals surface area contributed by atoms with Crippen LogP contribution in [0.4, 0.5) is 11.1 Å². The molecular weight excluding hydrogens is 260 g/mol. The molecule has 0 radical (unpaired) electrons. The maximum absolute atomic E-state index is 5.49. The molecule has 3 aromatic rings. The number of aromatic nitrogens is 4. The lowest BCUT2D eigenvalue weighted by Gasteiger charge is -2.09. The Morgan fingerprint density at radius 2 is 2.16 bits per heavy atom. The number of benzene rings is 1. The molecule has 0 amide bonds. The Bertz CT molecular complexity index is 660. The summed E-state index contributed by atoms with van der Waals surface area (Å²) < 4.78 is 5.77. The molecule has 0 aliphatic heterocycles. The molecule has 0 aliphatic carbocycles. The number of hydrogen-bond acceptors (Lipinski definition) is 6. The van der Waals surface area contributed by atoms with Gasteiger partial charge in [-0.1, -0.05) is 18.2 Å². The van der Waals surface area contributed by atoms with Crippen molar-refractivity contribution in [2.45, 2.75) is 6.54 Å². The van der Waals surface area contributed by atoms with Crippen LogP contribution in [-0.4, -0.2) is 19.1 Å². The van der Waals surface area contributed by atoms with E-state index >= 15 is 0 Å². The first-order valence-electron chi connectivity index (χ1n) is 5.74.